The van der Waals surface area contributed by atoms with Gasteiger partial charge in [0, 0.05) is 6.04 Å². The maximum atomic E-state index is 11.9. The molecule has 1 aliphatic rings. The van der Waals surface area contributed by atoms with E-state index in [-0.39, 0.29) is 18.5 Å². The Morgan fingerprint density at radius 3 is 2.26 bits per heavy atom. The molecule has 0 bridgehead atoms. The summed E-state index contributed by atoms with van der Waals surface area (Å²) < 4.78 is 0. The van der Waals surface area contributed by atoms with Gasteiger partial charge in [-0.25, -0.2) is 4.79 Å². The van der Waals surface area contributed by atoms with Crippen molar-refractivity contribution in [2.75, 3.05) is 0 Å². The summed E-state index contributed by atoms with van der Waals surface area (Å²) in [6.45, 7) is 6.29. The maximum absolute atomic E-state index is 11.9. The number of hydrogen-bond donors (Lipinski definition) is 3. The number of carboxylic acids is 1. The lowest BCUT2D eigenvalue weighted by Crippen LogP contribution is -2.58. The third-order valence-electron chi connectivity index (χ3n) is 3.73. The molecule has 1 atom stereocenters. The average molecular weight is 270 g/mol. The van der Waals surface area contributed by atoms with Crippen LogP contribution in [0.2, 0.25) is 0 Å². The predicted molar refractivity (Wildman–Crippen MR) is 74.0 cm³/mol. The van der Waals surface area contributed by atoms with Crippen molar-refractivity contribution in [1.29, 1.82) is 0 Å². The molecule has 1 aliphatic carbocycles. The van der Waals surface area contributed by atoms with Crippen molar-refractivity contribution in [3.8, 4) is 0 Å². The summed E-state index contributed by atoms with van der Waals surface area (Å²) in [6, 6.07) is -0.124. The summed E-state index contributed by atoms with van der Waals surface area (Å²) in [4.78, 5) is 22.7. The number of nitrogens with one attached hydrogen (secondary N) is 2. The summed E-state index contributed by atoms with van der Waals surface area (Å²) >= 11 is 0. The average Bonchev–Trinajstić information content (AvgIpc) is 2.22. The first-order chi connectivity index (χ1) is 8.83. The van der Waals surface area contributed by atoms with E-state index in [9.17, 15) is 9.59 Å². The van der Waals surface area contributed by atoms with Gasteiger partial charge >= 0.3 is 12.0 Å². The lowest BCUT2D eigenvalue weighted by molar-refractivity contribution is -0.139. The molecule has 19 heavy (non-hydrogen) atoms. The topological polar surface area (TPSA) is 78.4 Å². The molecule has 0 aliphatic heterocycles. The molecule has 0 radical (unpaired) electrons. The van der Waals surface area contributed by atoms with Crippen molar-refractivity contribution >= 4 is 12.0 Å². The van der Waals surface area contributed by atoms with Crippen molar-refractivity contribution < 1.29 is 14.7 Å². The fourth-order valence-electron chi connectivity index (χ4n) is 2.40. The molecule has 5 heteroatoms. The van der Waals surface area contributed by atoms with Gasteiger partial charge in [-0.2, -0.15) is 0 Å². The Labute approximate surface area is 115 Å². The van der Waals surface area contributed by atoms with E-state index in [0.29, 0.717) is 5.92 Å². The highest BCUT2D eigenvalue weighted by atomic mass is 16.4. The van der Waals surface area contributed by atoms with Gasteiger partial charge in [0.05, 0.1) is 12.0 Å². The van der Waals surface area contributed by atoms with Crippen molar-refractivity contribution in [2.45, 2.75) is 70.9 Å². The van der Waals surface area contributed by atoms with E-state index in [1.165, 1.54) is 0 Å². The molecule has 0 heterocycles. The minimum Gasteiger partial charge on any atom is -0.481 e. The Morgan fingerprint density at radius 2 is 1.84 bits per heavy atom. The first kappa shape index (κ1) is 15.8. The van der Waals surface area contributed by atoms with Gasteiger partial charge in [0.2, 0.25) is 0 Å². The van der Waals surface area contributed by atoms with Crippen molar-refractivity contribution in [1.82, 2.24) is 10.6 Å². The molecular formula is C14H26N2O3. The van der Waals surface area contributed by atoms with Crippen molar-refractivity contribution in [3.63, 3.8) is 0 Å². The molecule has 3 N–H and O–H groups in total. The maximum Gasteiger partial charge on any atom is 0.315 e. The Kier molecular flexibility index (Phi) is 5.63. The number of hydrogen-bond acceptors (Lipinski definition) is 2. The number of carboxylic acid groups (broad SMARTS) is 1. The van der Waals surface area contributed by atoms with Gasteiger partial charge in [0.15, 0.2) is 0 Å². The van der Waals surface area contributed by atoms with E-state index in [1.807, 2.05) is 6.92 Å². The first-order valence-electron chi connectivity index (χ1n) is 7.13. The van der Waals surface area contributed by atoms with Crippen LogP contribution >= 0.6 is 0 Å². The van der Waals surface area contributed by atoms with Crippen LogP contribution in [0.5, 0.6) is 0 Å². The van der Waals surface area contributed by atoms with E-state index >= 15 is 0 Å². The van der Waals surface area contributed by atoms with Crippen LogP contribution in [0.3, 0.4) is 0 Å². The second kappa shape index (κ2) is 6.78. The quantitative estimate of drug-likeness (QED) is 0.665. The molecule has 1 saturated carbocycles. The molecule has 1 fully saturated rings. The van der Waals surface area contributed by atoms with Gasteiger partial charge in [-0.3, -0.25) is 4.79 Å². The van der Waals surface area contributed by atoms with Crippen LogP contribution in [-0.2, 0) is 4.79 Å². The molecule has 0 aromatic carbocycles. The zero-order valence-corrected chi connectivity index (χ0v) is 12.2. The fraction of sp³-hybridized carbons (Fsp3) is 0.857. The van der Waals surface area contributed by atoms with Crippen molar-refractivity contribution in [2.24, 2.45) is 5.92 Å². The molecule has 0 aromatic rings. The molecule has 5 nitrogen and oxygen atoms in total. The Balaban J connectivity index is 2.35. The van der Waals surface area contributed by atoms with Crippen LogP contribution in [0.4, 0.5) is 4.79 Å². The molecule has 0 saturated heterocycles. The minimum atomic E-state index is -0.854. The number of rotatable bonds is 7. The molecule has 2 amide bonds. The smallest absolute Gasteiger partial charge is 0.315 e. The third-order valence-corrected chi connectivity index (χ3v) is 3.73. The summed E-state index contributed by atoms with van der Waals surface area (Å²) in [5.41, 5.74) is -0.520. The van der Waals surface area contributed by atoms with Crippen LogP contribution < -0.4 is 10.6 Å². The minimum absolute atomic E-state index is 0.0147. The molecular weight excluding hydrogens is 244 g/mol. The van der Waals surface area contributed by atoms with E-state index in [4.69, 9.17) is 5.11 Å². The standard InChI is InChI=1S/C14H26N2O3/c1-10(2)5-6-11(3)15-13(19)16-14(7-4-8-14)9-12(17)18/h10-11H,4-9H2,1-3H3,(H,17,18)(H2,15,16,19). The number of carbonyl (C=O) groups excluding carboxylic acids is 1. The summed E-state index contributed by atoms with van der Waals surface area (Å²) in [5.74, 6) is -0.231. The van der Waals surface area contributed by atoms with Crippen LogP contribution in [0.15, 0.2) is 0 Å². The van der Waals surface area contributed by atoms with Gasteiger partial charge in [0.25, 0.3) is 0 Å². The van der Waals surface area contributed by atoms with Crippen LogP contribution in [0.1, 0.15) is 59.3 Å². The van der Waals surface area contributed by atoms with Crippen LogP contribution in [0, 0.1) is 5.92 Å². The van der Waals surface area contributed by atoms with Gasteiger partial charge < -0.3 is 15.7 Å². The number of aliphatic carboxylic acids is 1. The predicted octanol–water partition coefficient (Wildman–Crippen LogP) is 2.51. The van der Waals surface area contributed by atoms with Gasteiger partial charge in [-0.15, -0.1) is 0 Å². The van der Waals surface area contributed by atoms with E-state index in [0.717, 1.165) is 32.1 Å². The second-order valence-electron chi connectivity index (χ2n) is 6.18. The van der Waals surface area contributed by atoms with E-state index < -0.39 is 11.5 Å². The highest BCUT2D eigenvalue weighted by molar-refractivity contribution is 5.77. The summed E-state index contributed by atoms with van der Waals surface area (Å²) in [5, 5.41) is 14.6. The Bertz CT molecular complexity index is 325. The van der Waals surface area contributed by atoms with Gasteiger partial charge in [-0.05, 0) is 44.9 Å². The molecule has 110 valence electrons. The zero-order chi connectivity index (χ0) is 14.5. The van der Waals surface area contributed by atoms with Gasteiger partial charge in [-0.1, -0.05) is 13.8 Å². The van der Waals surface area contributed by atoms with Crippen LogP contribution in [-0.4, -0.2) is 28.7 Å². The zero-order valence-electron chi connectivity index (χ0n) is 12.2. The molecule has 1 unspecified atom stereocenters. The lowest BCUT2D eigenvalue weighted by atomic mass is 9.74. The SMILES string of the molecule is CC(C)CCC(C)NC(=O)NC1(CC(=O)O)CCC1. The lowest BCUT2D eigenvalue weighted by Gasteiger charge is -2.41. The fourth-order valence-corrected chi connectivity index (χ4v) is 2.40. The highest BCUT2D eigenvalue weighted by Gasteiger charge is 2.40. The van der Waals surface area contributed by atoms with Crippen molar-refractivity contribution in [3.05, 3.63) is 0 Å². The van der Waals surface area contributed by atoms with Gasteiger partial charge in [0.1, 0.15) is 0 Å². The molecule has 0 spiro atoms. The Hall–Kier alpha value is -1.26. The summed E-state index contributed by atoms with van der Waals surface area (Å²) in [6.07, 6.45) is 4.52. The van der Waals surface area contributed by atoms with E-state index in [1.54, 1.807) is 0 Å². The third kappa shape index (κ3) is 5.49. The second-order valence-corrected chi connectivity index (χ2v) is 6.18. The number of amides is 2. The highest BCUT2D eigenvalue weighted by Crippen LogP contribution is 2.34. The molecule has 0 aromatic heterocycles. The normalized spacial score (nSPS) is 18.5. The Morgan fingerprint density at radius 1 is 1.21 bits per heavy atom. The monoisotopic (exact) mass is 270 g/mol. The van der Waals surface area contributed by atoms with E-state index in [2.05, 4.69) is 24.5 Å². The largest absolute Gasteiger partial charge is 0.481 e. The molecule has 1 rings (SSSR count). The van der Waals surface area contributed by atoms with Crippen LogP contribution in [0.25, 0.3) is 0 Å². The number of urea groups is 1. The number of carbonyl (C=O) groups is 2. The first-order valence-corrected chi connectivity index (χ1v) is 7.13. The summed E-state index contributed by atoms with van der Waals surface area (Å²) in [7, 11) is 0.